The molecule has 6 heavy (non-hydrogen) atoms. The van der Waals surface area contributed by atoms with Crippen LogP contribution in [0.3, 0.4) is 0 Å². The molecule has 0 aliphatic carbocycles. The molecule has 0 amide bonds. The van der Waals surface area contributed by atoms with Gasteiger partial charge in [-0.3, -0.25) is 4.57 Å². The molecule has 3 nitrogen and oxygen atoms in total. The van der Waals surface area contributed by atoms with Gasteiger partial charge in [0.05, 0.1) is 17.4 Å². The zero-order chi connectivity index (χ0) is 3.58. The molecule has 2 radical (unpaired) electrons. The van der Waals surface area contributed by atoms with E-state index in [4.69, 9.17) is 14.4 Å². The summed E-state index contributed by atoms with van der Waals surface area (Å²) in [5, 5.41) is 0. The number of hydrogen-bond acceptors (Lipinski definition) is 1. The first-order valence-corrected chi connectivity index (χ1v) is 1.95. The zero-order valence-electron chi connectivity index (χ0n) is 4.51. The van der Waals surface area contributed by atoms with Crippen molar-refractivity contribution in [3.63, 3.8) is 0 Å². The van der Waals surface area contributed by atoms with Gasteiger partial charge in [-0.2, -0.15) is 0 Å². The van der Waals surface area contributed by atoms with Crippen molar-refractivity contribution >= 4 is 25.6 Å². The Bertz CT molecular complexity index is 37.9. The molecule has 6 heteroatoms. The van der Waals surface area contributed by atoms with E-state index < -0.39 is 8.25 Å². The normalized spacial score (nSPS) is 5.83. The monoisotopic (exact) mass is 150 g/mol. The van der Waals surface area contributed by atoms with Crippen molar-refractivity contribution in [3.05, 3.63) is 0 Å². The van der Waals surface area contributed by atoms with E-state index in [1.807, 2.05) is 0 Å². The molecule has 0 aromatic heterocycles. The molecular formula is H5AlKO3P. The summed E-state index contributed by atoms with van der Waals surface area (Å²) < 4.78 is 8.74. The molecule has 0 atom stereocenters. The average Bonchev–Trinajstić information content (AvgIpc) is 0.811. The maximum Gasteiger partial charge on any atom is 1.00 e. The van der Waals surface area contributed by atoms with Crippen LogP contribution < -0.4 is 51.4 Å². The second-order valence-corrected chi connectivity index (χ2v) is 0.848. The number of rotatable bonds is 0. The summed E-state index contributed by atoms with van der Waals surface area (Å²) in [6.45, 7) is 0. The smallest absolute Gasteiger partial charge is 1.00 e. The van der Waals surface area contributed by atoms with Gasteiger partial charge >= 0.3 is 59.6 Å². The van der Waals surface area contributed by atoms with E-state index >= 15 is 0 Å². The van der Waals surface area contributed by atoms with Gasteiger partial charge in [-0.25, -0.2) is 0 Å². The van der Waals surface area contributed by atoms with E-state index in [1.165, 1.54) is 0 Å². The summed E-state index contributed by atoms with van der Waals surface area (Å²) in [6, 6.07) is 0. The molecule has 0 fully saturated rings. The third kappa shape index (κ3) is 33.2. The molecule has 0 aliphatic rings. The minimum Gasteiger partial charge on any atom is -1.00 e. The maximum absolute atomic E-state index is 8.74. The van der Waals surface area contributed by atoms with E-state index in [1.54, 1.807) is 0 Å². The van der Waals surface area contributed by atoms with E-state index in [0.29, 0.717) is 0 Å². The molecular weight excluding hydrogens is 145 g/mol. The van der Waals surface area contributed by atoms with Crippen molar-refractivity contribution in [2.75, 3.05) is 0 Å². The predicted octanol–water partition coefficient (Wildman–Crippen LogP) is -4.17. The molecule has 2 N–H and O–H groups in total. The molecule has 0 bridgehead atoms. The first-order chi connectivity index (χ1) is 1.73. The summed E-state index contributed by atoms with van der Waals surface area (Å²) >= 11 is 0. The molecule has 0 aromatic rings. The standard InChI is InChI=1S/Al.K.H3O3P.2H/c;;1-4(2)3;;/h;;4H,(H2,1,2,3);;/q;+1;;;-1. The first kappa shape index (κ1) is 15.8. The van der Waals surface area contributed by atoms with Crippen molar-refractivity contribution in [1.29, 1.82) is 0 Å². The topological polar surface area (TPSA) is 57.5 Å². The second kappa shape index (κ2) is 10.3. The Balaban J connectivity index is -0.0000000150. The maximum atomic E-state index is 8.74. The van der Waals surface area contributed by atoms with Gasteiger partial charge in [0.15, 0.2) is 0 Å². The van der Waals surface area contributed by atoms with Crippen molar-refractivity contribution < 1.29 is 67.2 Å². The van der Waals surface area contributed by atoms with Gasteiger partial charge in [-0.1, -0.05) is 0 Å². The fourth-order valence-electron chi connectivity index (χ4n) is 0. The third-order valence-corrected chi connectivity index (χ3v) is 0. The van der Waals surface area contributed by atoms with Gasteiger partial charge in [0.25, 0.3) is 0 Å². The molecule has 0 saturated carbocycles. The molecule has 32 valence electrons. The Labute approximate surface area is 91.1 Å². The molecule has 0 rings (SSSR count). The van der Waals surface area contributed by atoms with Crippen LogP contribution in [0.4, 0.5) is 0 Å². The van der Waals surface area contributed by atoms with Gasteiger partial charge in [-0.05, 0) is 0 Å². The largest absolute Gasteiger partial charge is 1.00 e. The molecule has 0 aliphatic heterocycles. The number of hydrogen-bond donors (Lipinski definition) is 2. The van der Waals surface area contributed by atoms with Crippen LogP contribution in [0.5, 0.6) is 0 Å². The predicted molar refractivity (Wildman–Crippen MR) is 21.7 cm³/mol. The molecule has 0 unspecified atom stereocenters. The quantitative estimate of drug-likeness (QED) is 0.272. The second-order valence-electron chi connectivity index (χ2n) is 0.283. The Morgan fingerprint density at radius 3 is 1.50 bits per heavy atom. The Hall–Kier alpha value is 2.32. The summed E-state index contributed by atoms with van der Waals surface area (Å²) in [4.78, 5) is 14.3. The summed E-state index contributed by atoms with van der Waals surface area (Å²) in [5.41, 5.74) is 0. The van der Waals surface area contributed by atoms with Crippen LogP contribution in [0.2, 0.25) is 0 Å². The van der Waals surface area contributed by atoms with E-state index in [2.05, 4.69) is 0 Å². The minimum absolute atomic E-state index is 0. The fraction of sp³-hybridized carbons (Fsp3) is 0. The van der Waals surface area contributed by atoms with Crippen LogP contribution in [0.1, 0.15) is 1.43 Å². The zero-order valence-corrected chi connectivity index (χ0v) is 9.05. The summed E-state index contributed by atoms with van der Waals surface area (Å²) in [7, 11) is -3.13. The Kier molecular flexibility index (Phi) is 27.1. The fourth-order valence-corrected chi connectivity index (χ4v) is 0. The SMILES string of the molecule is O=[PH](O)O.[AlH].[H-].[K+]. The molecule has 0 aromatic carbocycles. The van der Waals surface area contributed by atoms with Gasteiger partial charge in [0.1, 0.15) is 0 Å². The first-order valence-electron chi connectivity index (χ1n) is 0.651. The van der Waals surface area contributed by atoms with Crippen LogP contribution in [0.15, 0.2) is 0 Å². The summed E-state index contributed by atoms with van der Waals surface area (Å²) in [5.74, 6) is 0. The third-order valence-electron chi connectivity index (χ3n) is 0. The van der Waals surface area contributed by atoms with Crippen LogP contribution in [-0.2, 0) is 4.57 Å². The average molecular weight is 150 g/mol. The van der Waals surface area contributed by atoms with Gasteiger partial charge < -0.3 is 11.2 Å². The summed E-state index contributed by atoms with van der Waals surface area (Å²) in [6.07, 6.45) is 0. The van der Waals surface area contributed by atoms with E-state index in [-0.39, 0.29) is 70.2 Å². The Morgan fingerprint density at radius 1 is 1.50 bits per heavy atom. The van der Waals surface area contributed by atoms with E-state index in [9.17, 15) is 0 Å². The van der Waals surface area contributed by atoms with E-state index in [0.717, 1.165) is 0 Å². The molecule has 0 heterocycles. The van der Waals surface area contributed by atoms with Crippen LogP contribution >= 0.6 is 8.25 Å². The van der Waals surface area contributed by atoms with Crippen molar-refractivity contribution in [2.24, 2.45) is 0 Å². The minimum atomic E-state index is -3.13. The van der Waals surface area contributed by atoms with Crippen LogP contribution in [0, 0.1) is 0 Å². The van der Waals surface area contributed by atoms with Crippen molar-refractivity contribution in [1.82, 2.24) is 0 Å². The molecule has 0 spiro atoms. The van der Waals surface area contributed by atoms with Gasteiger partial charge in [0.2, 0.25) is 0 Å². The van der Waals surface area contributed by atoms with Crippen LogP contribution in [0.25, 0.3) is 0 Å². The molecule has 0 saturated heterocycles. The van der Waals surface area contributed by atoms with Gasteiger partial charge in [-0.15, -0.1) is 0 Å². The van der Waals surface area contributed by atoms with Crippen molar-refractivity contribution in [2.45, 2.75) is 0 Å². The Morgan fingerprint density at radius 2 is 1.50 bits per heavy atom. The van der Waals surface area contributed by atoms with Gasteiger partial charge in [0, 0.05) is 0 Å². The van der Waals surface area contributed by atoms with Crippen LogP contribution in [-0.4, -0.2) is 27.1 Å². The van der Waals surface area contributed by atoms with Crippen molar-refractivity contribution in [3.8, 4) is 0 Å².